The molecule has 1 heterocycles. The Bertz CT molecular complexity index is 615. The molecule has 0 bridgehead atoms. The Morgan fingerprint density at radius 3 is 2.43 bits per heavy atom. The molecular weight excluding hydrogens is 343 g/mol. The maximum atomic E-state index is 13.4. The standard InChI is InChI=1S/C13H11F5N2O2S/c1-21-12-9(6-2-7(14)4-8(15)3-6)10(20-22-12)11(23)19-5-13(16,17)18/h2-4,9,12H,5H2,1H3,(H,19,23). The molecule has 126 valence electrons. The second-order valence-electron chi connectivity index (χ2n) is 4.66. The number of methoxy groups -OCH3 is 1. The van der Waals surface area contributed by atoms with Gasteiger partial charge in [0.25, 0.3) is 0 Å². The number of ether oxygens (including phenoxy) is 1. The van der Waals surface area contributed by atoms with Crippen molar-refractivity contribution in [3.05, 3.63) is 35.4 Å². The van der Waals surface area contributed by atoms with Gasteiger partial charge in [-0.25, -0.2) is 8.78 Å². The zero-order valence-corrected chi connectivity index (χ0v) is 12.5. The van der Waals surface area contributed by atoms with Crippen LogP contribution in [0.3, 0.4) is 0 Å². The third kappa shape index (κ3) is 4.35. The van der Waals surface area contributed by atoms with Gasteiger partial charge >= 0.3 is 6.18 Å². The van der Waals surface area contributed by atoms with E-state index < -0.39 is 36.6 Å². The number of nitrogens with one attached hydrogen (secondary N) is 1. The highest BCUT2D eigenvalue weighted by molar-refractivity contribution is 7.82. The van der Waals surface area contributed by atoms with Gasteiger partial charge in [0.2, 0.25) is 6.29 Å². The molecule has 1 aliphatic heterocycles. The van der Waals surface area contributed by atoms with Gasteiger partial charge in [0.1, 0.15) is 28.9 Å². The van der Waals surface area contributed by atoms with Crippen molar-refractivity contribution in [2.24, 2.45) is 5.16 Å². The Morgan fingerprint density at radius 1 is 1.30 bits per heavy atom. The maximum Gasteiger partial charge on any atom is 0.405 e. The minimum atomic E-state index is -4.48. The zero-order chi connectivity index (χ0) is 17.2. The largest absolute Gasteiger partial charge is 0.405 e. The van der Waals surface area contributed by atoms with Gasteiger partial charge in [0, 0.05) is 13.2 Å². The van der Waals surface area contributed by atoms with E-state index in [-0.39, 0.29) is 16.3 Å². The molecule has 1 aliphatic rings. The third-order valence-corrected chi connectivity index (χ3v) is 3.33. The lowest BCUT2D eigenvalue weighted by Gasteiger charge is -2.19. The average Bonchev–Trinajstić information content (AvgIpc) is 2.86. The smallest absolute Gasteiger partial charge is 0.366 e. The van der Waals surface area contributed by atoms with Gasteiger partial charge < -0.3 is 14.9 Å². The molecule has 2 atom stereocenters. The van der Waals surface area contributed by atoms with E-state index in [4.69, 9.17) is 21.8 Å². The molecule has 0 fully saturated rings. The minimum absolute atomic E-state index is 0.0850. The van der Waals surface area contributed by atoms with Crippen molar-refractivity contribution in [3.8, 4) is 0 Å². The summed E-state index contributed by atoms with van der Waals surface area (Å²) in [5.41, 5.74) is -0.0112. The fraction of sp³-hybridized carbons (Fsp3) is 0.385. The van der Waals surface area contributed by atoms with Crippen LogP contribution in [0.25, 0.3) is 0 Å². The molecule has 1 aromatic carbocycles. The second kappa shape index (κ2) is 6.75. The SMILES string of the molecule is COC1ON=C(C(=S)NCC(F)(F)F)C1c1cc(F)cc(F)c1. The molecule has 0 aromatic heterocycles. The van der Waals surface area contributed by atoms with E-state index in [9.17, 15) is 22.0 Å². The highest BCUT2D eigenvalue weighted by atomic mass is 32.1. The van der Waals surface area contributed by atoms with Crippen LogP contribution in [0.4, 0.5) is 22.0 Å². The van der Waals surface area contributed by atoms with Crippen molar-refractivity contribution in [2.45, 2.75) is 18.4 Å². The van der Waals surface area contributed by atoms with Crippen LogP contribution >= 0.6 is 12.2 Å². The second-order valence-corrected chi connectivity index (χ2v) is 5.07. The summed E-state index contributed by atoms with van der Waals surface area (Å²) in [5.74, 6) is -2.66. The summed E-state index contributed by atoms with van der Waals surface area (Å²) in [5, 5.41) is 5.57. The molecule has 4 nitrogen and oxygen atoms in total. The van der Waals surface area contributed by atoms with Crippen LogP contribution in [0.15, 0.2) is 23.4 Å². The number of thiocarbonyl (C=S) groups is 1. The molecule has 0 amide bonds. The predicted octanol–water partition coefficient (Wildman–Crippen LogP) is 2.89. The molecule has 2 rings (SSSR count). The average molecular weight is 354 g/mol. The van der Waals surface area contributed by atoms with Crippen molar-refractivity contribution >= 4 is 22.9 Å². The van der Waals surface area contributed by atoms with Crippen LogP contribution in [0.1, 0.15) is 11.5 Å². The number of oxime groups is 1. The minimum Gasteiger partial charge on any atom is -0.366 e. The van der Waals surface area contributed by atoms with E-state index in [1.807, 2.05) is 5.32 Å². The summed E-state index contributed by atoms with van der Waals surface area (Å²) in [4.78, 5) is 4.59. The molecule has 1 aromatic rings. The number of halogens is 5. The predicted molar refractivity (Wildman–Crippen MR) is 75.1 cm³/mol. The highest BCUT2D eigenvalue weighted by Crippen LogP contribution is 2.31. The van der Waals surface area contributed by atoms with Crippen LogP contribution in [0.2, 0.25) is 0 Å². The molecule has 0 aliphatic carbocycles. The Balaban J connectivity index is 2.26. The molecule has 0 saturated heterocycles. The first-order chi connectivity index (χ1) is 10.7. The van der Waals surface area contributed by atoms with Crippen molar-refractivity contribution in [1.29, 1.82) is 0 Å². The molecule has 1 N–H and O–H groups in total. The first-order valence-electron chi connectivity index (χ1n) is 6.28. The number of nitrogens with zero attached hydrogens (tertiary/aromatic N) is 1. The van der Waals surface area contributed by atoms with Crippen LogP contribution in [0.5, 0.6) is 0 Å². The number of hydrogen-bond acceptors (Lipinski definition) is 4. The summed E-state index contributed by atoms with van der Waals surface area (Å²) in [6, 6.07) is 2.69. The monoisotopic (exact) mass is 354 g/mol. The number of alkyl halides is 3. The third-order valence-electron chi connectivity index (χ3n) is 2.98. The van der Waals surface area contributed by atoms with Gasteiger partial charge in [-0.15, -0.1) is 0 Å². The van der Waals surface area contributed by atoms with Gasteiger partial charge in [-0.1, -0.05) is 17.4 Å². The lowest BCUT2D eigenvalue weighted by atomic mass is 9.93. The molecule has 0 saturated carbocycles. The molecular formula is C13H11F5N2O2S. The van der Waals surface area contributed by atoms with Gasteiger partial charge in [-0.05, 0) is 17.7 Å². The Hall–Kier alpha value is -1.81. The van der Waals surface area contributed by atoms with Crippen molar-refractivity contribution in [3.63, 3.8) is 0 Å². The first-order valence-corrected chi connectivity index (χ1v) is 6.69. The number of hydrogen-bond donors (Lipinski definition) is 1. The summed E-state index contributed by atoms with van der Waals surface area (Å²) in [6.07, 6.45) is -5.54. The zero-order valence-electron chi connectivity index (χ0n) is 11.7. The lowest BCUT2D eigenvalue weighted by Crippen LogP contribution is -2.39. The van der Waals surface area contributed by atoms with Gasteiger partial charge in [-0.3, -0.25) is 0 Å². The topological polar surface area (TPSA) is 42.9 Å². The summed E-state index contributed by atoms with van der Waals surface area (Å²) in [7, 11) is 1.26. The van der Waals surface area contributed by atoms with E-state index in [1.54, 1.807) is 0 Å². The Labute approximate surface area is 133 Å². The molecule has 23 heavy (non-hydrogen) atoms. The Morgan fingerprint density at radius 2 is 1.91 bits per heavy atom. The molecule has 10 heteroatoms. The van der Waals surface area contributed by atoms with E-state index in [2.05, 4.69) is 5.16 Å². The van der Waals surface area contributed by atoms with E-state index in [1.165, 1.54) is 7.11 Å². The quantitative estimate of drug-likeness (QED) is 0.667. The summed E-state index contributed by atoms with van der Waals surface area (Å²) >= 11 is 4.86. The summed E-state index contributed by atoms with van der Waals surface area (Å²) in [6.45, 7) is -1.37. The highest BCUT2D eigenvalue weighted by Gasteiger charge is 2.39. The van der Waals surface area contributed by atoms with E-state index in [0.717, 1.165) is 12.1 Å². The van der Waals surface area contributed by atoms with Crippen molar-refractivity contribution < 1.29 is 31.5 Å². The van der Waals surface area contributed by atoms with Crippen LogP contribution < -0.4 is 5.32 Å². The van der Waals surface area contributed by atoms with Crippen LogP contribution in [0, 0.1) is 11.6 Å². The van der Waals surface area contributed by atoms with Crippen molar-refractivity contribution in [1.82, 2.24) is 5.32 Å². The van der Waals surface area contributed by atoms with Gasteiger partial charge in [-0.2, -0.15) is 13.2 Å². The van der Waals surface area contributed by atoms with Crippen LogP contribution in [-0.4, -0.2) is 36.8 Å². The first kappa shape index (κ1) is 17.5. The van der Waals surface area contributed by atoms with Crippen LogP contribution in [-0.2, 0) is 9.57 Å². The van der Waals surface area contributed by atoms with Crippen molar-refractivity contribution in [2.75, 3.05) is 13.7 Å². The fourth-order valence-corrected chi connectivity index (χ4v) is 2.29. The number of rotatable bonds is 4. The molecule has 0 spiro atoms. The Kier molecular flexibility index (Phi) is 5.15. The van der Waals surface area contributed by atoms with Gasteiger partial charge in [0.15, 0.2) is 0 Å². The number of benzene rings is 1. The lowest BCUT2D eigenvalue weighted by molar-refractivity contribution is -0.121. The normalized spacial score (nSPS) is 20.9. The maximum absolute atomic E-state index is 13.4. The molecule has 2 unspecified atom stereocenters. The van der Waals surface area contributed by atoms with E-state index >= 15 is 0 Å². The summed E-state index contributed by atoms with van der Waals surface area (Å²) < 4.78 is 68.5. The van der Waals surface area contributed by atoms with Gasteiger partial charge in [0.05, 0.1) is 5.92 Å². The molecule has 0 radical (unpaired) electrons. The fourth-order valence-electron chi connectivity index (χ4n) is 2.06. The van der Waals surface area contributed by atoms with E-state index in [0.29, 0.717) is 6.07 Å².